The SMILES string of the molecule is CCCCN(CCCC)C1=CC(=O)CC(C)(C)C1. The molecule has 0 saturated carbocycles. The van der Waals surface area contributed by atoms with E-state index in [9.17, 15) is 4.79 Å². The lowest BCUT2D eigenvalue weighted by Gasteiger charge is -2.36. The van der Waals surface area contributed by atoms with Crippen LogP contribution < -0.4 is 0 Å². The van der Waals surface area contributed by atoms with Gasteiger partial charge in [-0.1, -0.05) is 40.5 Å². The summed E-state index contributed by atoms with van der Waals surface area (Å²) >= 11 is 0. The second kappa shape index (κ2) is 6.96. The second-order valence-corrected chi connectivity index (χ2v) is 6.31. The molecule has 0 heterocycles. The lowest BCUT2D eigenvalue weighted by Crippen LogP contribution is -2.32. The monoisotopic (exact) mass is 251 g/mol. The van der Waals surface area contributed by atoms with Crippen molar-refractivity contribution in [1.82, 2.24) is 4.90 Å². The van der Waals surface area contributed by atoms with Gasteiger partial charge in [0.2, 0.25) is 0 Å². The van der Waals surface area contributed by atoms with Gasteiger partial charge in [-0.3, -0.25) is 4.79 Å². The average Bonchev–Trinajstić information content (AvgIpc) is 2.26. The Kier molecular flexibility index (Phi) is 5.90. The number of carbonyl (C=O) groups is 1. The third kappa shape index (κ3) is 4.83. The van der Waals surface area contributed by atoms with Gasteiger partial charge >= 0.3 is 0 Å². The van der Waals surface area contributed by atoms with Crippen LogP contribution in [0.1, 0.15) is 66.2 Å². The van der Waals surface area contributed by atoms with Crippen molar-refractivity contribution < 1.29 is 4.79 Å². The van der Waals surface area contributed by atoms with Crippen molar-refractivity contribution in [2.45, 2.75) is 66.2 Å². The molecule has 0 aromatic rings. The number of hydrogen-bond acceptors (Lipinski definition) is 2. The molecular formula is C16H29NO. The summed E-state index contributed by atoms with van der Waals surface area (Å²) in [5, 5.41) is 0. The summed E-state index contributed by atoms with van der Waals surface area (Å²) in [5.41, 5.74) is 1.41. The van der Waals surface area contributed by atoms with Gasteiger partial charge in [-0.2, -0.15) is 0 Å². The van der Waals surface area contributed by atoms with Crippen LogP contribution in [0.4, 0.5) is 0 Å². The van der Waals surface area contributed by atoms with Crippen LogP contribution >= 0.6 is 0 Å². The molecule has 0 aliphatic heterocycles. The summed E-state index contributed by atoms with van der Waals surface area (Å²) in [7, 11) is 0. The van der Waals surface area contributed by atoms with Crippen molar-refractivity contribution in [1.29, 1.82) is 0 Å². The molecule has 0 fully saturated rings. The standard InChI is InChI=1S/C16H29NO/c1-5-7-9-17(10-8-6-2)14-11-15(18)13-16(3,4)12-14/h11H,5-10,12-13H2,1-4H3. The van der Waals surface area contributed by atoms with Crippen molar-refractivity contribution in [3.8, 4) is 0 Å². The van der Waals surface area contributed by atoms with Crippen molar-refractivity contribution in [2.24, 2.45) is 5.41 Å². The van der Waals surface area contributed by atoms with Crippen LogP contribution in [-0.4, -0.2) is 23.8 Å². The molecule has 0 amide bonds. The van der Waals surface area contributed by atoms with Crippen LogP contribution in [0.25, 0.3) is 0 Å². The highest BCUT2D eigenvalue weighted by atomic mass is 16.1. The topological polar surface area (TPSA) is 20.3 Å². The largest absolute Gasteiger partial charge is 0.375 e. The molecule has 0 radical (unpaired) electrons. The first-order chi connectivity index (χ1) is 8.48. The van der Waals surface area contributed by atoms with E-state index in [1.54, 1.807) is 0 Å². The summed E-state index contributed by atoms with van der Waals surface area (Å²) < 4.78 is 0. The van der Waals surface area contributed by atoms with Gasteiger partial charge in [0, 0.05) is 31.3 Å². The molecule has 1 aliphatic rings. The second-order valence-electron chi connectivity index (χ2n) is 6.31. The highest BCUT2D eigenvalue weighted by molar-refractivity contribution is 5.91. The van der Waals surface area contributed by atoms with Crippen LogP contribution in [0.5, 0.6) is 0 Å². The fraction of sp³-hybridized carbons (Fsp3) is 0.812. The number of allylic oxidation sites excluding steroid dienone is 2. The van der Waals surface area contributed by atoms with E-state index in [0.717, 1.165) is 19.5 Å². The maximum atomic E-state index is 11.8. The lowest BCUT2D eigenvalue weighted by atomic mass is 9.78. The Morgan fingerprint density at radius 2 is 1.67 bits per heavy atom. The zero-order chi connectivity index (χ0) is 13.6. The minimum atomic E-state index is 0.137. The van der Waals surface area contributed by atoms with E-state index in [4.69, 9.17) is 0 Å². The molecular weight excluding hydrogens is 222 g/mol. The predicted octanol–water partition coefficient (Wildman–Crippen LogP) is 4.16. The molecule has 0 spiro atoms. The fourth-order valence-electron chi connectivity index (χ4n) is 2.61. The van der Waals surface area contributed by atoms with Crippen LogP contribution in [0.3, 0.4) is 0 Å². The minimum absolute atomic E-state index is 0.137. The van der Waals surface area contributed by atoms with Crippen molar-refractivity contribution in [3.05, 3.63) is 11.8 Å². The Labute approximate surface area is 112 Å². The Morgan fingerprint density at radius 1 is 1.11 bits per heavy atom. The van der Waals surface area contributed by atoms with Gasteiger partial charge in [0.25, 0.3) is 0 Å². The maximum Gasteiger partial charge on any atom is 0.157 e. The smallest absolute Gasteiger partial charge is 0.157 e. The molecule has 0 unspecified atom stereocenters. The third-order valence-electron chi connectivity index (χ3n) is 3.61. The predicted molar refractivity (Wildman–Crippen MR) is 77.5 cm³/mol. The number of rotatable bonds is 7. The molecule has 104 valence electrons. The Hall–Kier alpha value is -0.790. The zero-order valence-electron chi connectivity index (χ0n) is 12.6. The zero-order valence-corrected chi connectivity index (χ0v) is 12.6. The van der Waals surface area contributed by atoms with Gasteiger partial charge in [0.1, 0.15) is 0 Å². The first-order valence-corrected chi connectivity index (χ1v) is 7.47. The van der Waals surface area contributed by atoms with Crippen LogP contribution in [0.2, 0.25) is 0 Å². The number of unbranched alkanes of at least 4 members (excludes halogenated alkanes) is 2. The van der Waals surface area contributed by atoms with E-state index in [1.165, 1.54) is 31.4 Å². The number of hydrogen-bond donors (Lipinski definition) is 0. The van der Waals surface area contributed by atoms with Crippen molar-refractivity contribution >= 4 is 5.78 Å². The minimum Gasteiger partial charge on any atom is -0.375 e. The molecule has 1 aliphatic carbocycles. The van der Waals surface area contributed by atoms with Gasteiger partial charge < -0.3 is 4.90 Å². The first kappa shape index (κ1) is 15.3. The van der Waals surface area contributed by atoms with Gasteiger partial charge in [0.15, 0.2) is 5.78 Å². The quantitative estimate of drug-likeness (QED) is 0.677. The van der Waals surface area contributed by atoms with Crippen LogP contribution in [-0.2, 0) is 4.79 Å². The lowest BCUT2D eigenvalue weighted by molar-refractivity contribution is -0.117. The van der Waals surface area contributed by atoms with E-state index in [-0.39, 0.29) is 5.41 Å². The fourth-order valence-corrected chi connectivity index (χ4v) is 2.61. The van der Waals surface area contributed by atoms with E-state index < -0.39 is 0 Å². The van der Waals surface area contributed by atoms with Crippen LogP contribution in [0, 0.1) is 5.41 Å². The molecule has 0 bridgehead atoms. The molecule has 0 atom stereocenters. The average molecular weight is 251 g/mol. The van der Waals surface area contributed by atoms with E-state index in [1.807, 2.05) is 6.08 Å². The molecule has 2 heteroatoms. The van der Waals surface area contributed by atoms with Crippen molar-refractivity contribution in [3.63, 3.8) is 0 Å². The summed E-state index contributed by atoms with van der Waals surface area (Å²) in [6.45, 7) is 11.1. The summed E-state index contributed by atoms with van der Waals surface area (Å²) in [4.78, 5) is 14.3. The Bertz CT molecular complexity index is 296. The van der Waals surface area contributed by atoms with Gasteiger partial charge in [-0.15, -0.1) is 0 Å². The molecule has 18 heavy (non-hydrogen) atoms. The van der Waals surface area contributed by atoms with Gasteiger partial charge in [-0.25, -0.2) is 0 Å². The molecule has 0 saturated heterocycles. The first-order valence-electron chi connectivity index (χ1n) is 7.47. The third-order valence-corrected chi connectivity index (χ3v) is 3.61. The summed E-state index contributed by atoms with van der Waals surface area (Å²) in [6, 6.07) is 0. The molecule has 0 aromatic heterocycles. The molecule has 0 aromatic carbocycles. The van der Waals surface area contributed by atoms with Crippen molar-refractivity contribution in [2.75, 3.05) is 13.1 Å². The molecule has 2 nitrogen and oxygen atoms in total. The van der Waals surface area contributed by atoms with Gasteiger partial charge in [0.05, 0.1) is 0 Å². The molecule has 0 N–H and O–H groups in total. The Balaban J connectivity index is 2.73. The number of ketones is 1. The van der Waals surface area contributed by atoms with E-state index >= 15 is 0 Å². The molecule has 1 rings (SSSR count). The number of nitrogens with zero attached hydrogens (tertiary/aromatic N) is 1. The highest BCUT2D eigenvalue weighted by Crippen LogP contribution is 2.35. The highest BCUT2D eigenvalue weighted by Gasteiger charge is 2.29. The maximum absolute atomic E-state index is 11.8. The summed E-state index contributed by atoms with van der Waals surface area (Å²) in [5.74, 6) is 0.305. The number of carbonyl (C=O) groups excluding carboxylic acids is 1. The normalized spacial score (nSPS) is 18.7. The van der Waals surface area contributed by atoms with Crippen LogP contribution in [0.15, 0.2) is 11.8 Å². The summed E-state index contributed by atoms with van der Waals surface area (Å²) in [6.07, 6.45) is 8.51. The van der Waals surface area contributed by atoms with E-state index in [2.05, 4.69) is 32.6 Å². The van der Waals surface area contributed by atoms with E-state index in [0.29, 0.717) is 12.2 Å². The Morgan fingerprint density at radius 3 is 2.11 bits per heavy atom. The van der Waals surface area contributed by atoms with Gasteiger partial charge in [-0.05, 0) is 24.7 Å².